The van der Waals surface area contributed by atoms with Crippen molar-refractivity contribution in [1.29, 1.82) is 0 Å². The molecule has 96 valence electrons. The predicted octanol–water partition coefficient (Wildman–Crippen LogP) is 2.75. The van der Waals surface area contributed by atoms with Gasteiger partial charge in [0.25, 0.3) is 0 Å². The van der Waals surface area contributed by atoms with Gasteiger partial charge in [-0.3, -0.25) is 4.90 Å². The quantitative estimate of drug-likeness (QED) is 0.880. The number of aryl methyl sites for hydroxylation is 1. The first kappa shape index (κ1) is 12.9. The van der Waals surface area contributed by atoms with E-state index in [0.717, 1.165) is 17.1 Å². The molecule has 1 heterocycles. The van der Waals surface area contributed by atoms with Gasteiger partial charge in [0.05, 0.1) is 12.6 Å². The van der Waals surface area contributed by atoms with Crippen LogP contribution in [0.1, 0.15) is 23.2 Å². The van der Waals surface area contributed by atoms with Crippen molar-refractivity contribution >= 4 is 0 Å². The molecule has 1 atom stereocenters. The molecule has 0 fully saturated rings. The van der Waals surface area contributed by atoms with Crippen molar-refractivity contribution in [1.82, 2.24) is 4.90 Å². The Labute approximate surface area is 108 Å². The second-order valence-electron chi connectivity index (χ2n) is 4.64. The van der Waals surface area contributed by atoms with E-state index in [1.54, 1.807) is 0 Å². The van der Waals surface area contributed by atoms with Crippen molar-refractivity contribution in [2.24, 2.45) is 0 Å². The molecule has 0 saturated carbocycles. The Morgan fingerprint density at radius 1 is 1.17 bits per heavy atom. The Morgan fingerprint density at radius 3 is 2.50 bits per heavy atom. The van der Waals surface area contributed by atoms with E-state index in [1.807, 2.05) is 56.4 Å². The van der Waals surface area contributed by atoms with E-state index in [4.69, 9.17) is 4.42 Å². The number of hydrogen-bond acceptors (Lipinski definition) is 3. The lowest BCUT2D eigenvalue weighted by Gasteiger charge is -2.19. The van der Waals surface area contributed by atoms with Gasteiger partial charge in [-0.2, -0.15) is 0 Å². The maximum Gasteiger partial charge on any atom is 0.118 e. The van der Waals surface area contributed by atoms with E-state index in [9.17, 15) is 5.11 Å². The number of furan rings is 1. The van der Waals surface area contributed by atoms with Crippen molar-refractivity contribution in [3.05, 3.63) is 59.5 Å². The smallest absolute Gasteiger partial charge is 0.118 e. The molecule has 0 aliphatic rings. The van der Waals surface area contributed by atoms with Crippen LogP contribution in [0.3, 0.4) is 0 Å². The van der Waals surface area contributed by atoms with Crippen LogP contribution in [0, 0.1) is 6.92 Å². The first-order valence-corrected chi connectivity index (χ1v) is 6.12. The molecular formula is C15H19NO2. The Balaban J connectivity index is 1.89. The molecule has 3 heteroatoms. The van der Waals surface area contributed by atoms with Crippen LogP contribution in [0.15, 0.2) is 46.9 Å². The van der Waals surface area contributed by atoms with Gasteiger partial charge in [-0.1, -0.05) is 30.3 Å². The van der Waals surface area contributed by atoms with Crippen molar-refractivity contribution in [2.45, 2.75) is 19.6 Å². The molecule has 0 aliphatic carbocycles. The standard InChI is InChI=1S/C15H19NO2/c1-12-8-9-14(18-12)10-16(2)11-15(17)13-6-4-3-5-7-13/h3-9,15,17H,10-11H2,1-2H3. The van der Waals surface area contributed by atoms with E-state index < -0.39 is 6.10 Å². The van der Waals surface area contributed by atoms with E-state index in [1.165, 1.54) is 0 Å². The molecule has 1 N–H and O–H groups in total. The summed E-state index contributed by atoms with van der Waals surface area (Å²) in [6, 6.07) is 13.6. The maximum atomic E-state index is 10.1. The van der Waals surface area contributed by atoms with Crippen LogP contribution >= 0.6 is 0 Å². The average Bonchev–Trinajstić information content (AvgIpc) is 2.75. The fourth-order valence-corrected chi connectivity index (χ4v) is 1.98. The second-order valence-corrected chi connectivity index (χ2v) is 4.64. The minimum atomic E-state index is -0.466. The lowest BCUT2D eigenvalue weighted by atomic mass is 10.1. The Morgan fingerprint density at radius 2 is 1.89 bits per heavy atom. The van der Waals surface area contributed by atoms with E-state index >= 15 is 0 Å². The SMILES string of the molecule is Cc1ccc(CN(C)CC(O)c2ccccc2)o1. The van der Waals surface area contributed by atoms with Crippen LogP contribution in [-0.2, 0) is 6.54 Å². The molecule has 0 spiro atoms. The molecule has 2 rings (SSSR count). The Bertz CT molecular complexity index is 478. The van der Waals surface area contributed by atoms with Gasteiger partial charge in [-0.25, -0.2) is 0 Å². The number of aliphatic hydroxyl groups excluding tert-OH is 1. The van der Waals surface area contributed by atoms with E-state index in [-0.39, 0.29) is 0 Å². The minimum Gasteiger partial charge on any atom is -0.465 e. The van der Waals surface area contributed by atoms with Crippen molar-refractivity contribution < 1.29 is 9.52 Å². The molecule has 0 amide bonds. The van der Waals surface area contributed by atoms with Crippen molar-refractivity contribution in [3.8, 4) is 0 Å². The largest absolute Gasteiger partial charge is 0.465 e. The molecule has 18 heavy (non-hydrogen) atoms. The van der Waals surface area contributed by atoms with Crippen LogP contribution in [0.2, 0.25) is 0 Å². The number of rotatable bonds is 5. The third kappa shape index (κ3) is 3.45. The highest BCUT2D eigenvalue weighted by molar-refractivity contribution is 5.17. The molecule has 1 aromatic heterocycles. The van der Waals surface area contributed by atoms with E-state index in [2.05, 4.69) is 4.90 Å². The normalized spacial score (nSPS) is 12.9. The van der Waals surface area contributed by atoms with Crippen molar-refractivity contribution in [2.75, 3.05) is 13.6 Å². The van der Waals surface area contributed by atoms with Gasteiger partial charge in [0.1, 0.15) is 11.5 Å². The molecule has 0 saturated heterocycles. The zero-order valence-electron chi connectivity index (χ0n) is 10.8. The fourth-order valence-electron chi connectivity index (χ4n) is 1.98. The van der Waals surface area contributed by atoms with Crippen LogP contribution in [0.4, 0.5) is 0 Å². The van der Waals surface area contributed by atoms with Crippen LogP contribution in [-0.4, -0.2) is 23.6 Å². The third-order valence-electron chi connectivity index (χ3n) is 2.89. The van der Waals surface area contributed by atoms with Crippen LogP contribution in [0.5, 0.6) is 0 Å². The molecule has 3 nitrogen and oxygen atoms in total. The number of likely N-dealkylation sites (N-methyl/N-ethyl adjacent to an activating group) is 1. The summed E-state index contributed by atoms with van der Waals surface area (Å²) in [6.07, 6.45) is -0.466. The first-order valence-electron chi connectivity index (χ1n) is 6.12. The van der Waals surface area contributed by atoms with Gasteiger partial charge in [0.2, 0.25) is 0 Å². The van der Waals surface area contributed by atoms with Gasteiger partial charge < -0.3 is 9.52 Å². The summed E-state index contributed by atoms with van der Waals surface area (Å²) in [7, 11) is 1.98. The molecule has 2 aromatic rings. The minimum absolute atomic E-state index is 0.466. The van der Waals surface area contributed by atoms with Gasteiger partial charge in [0.15, 0.2) is 0 Å². The summed E-state index contributed by atoms with van der Waals surface area (Å²) in [6.45, 7) is 3.23. The highest BCUT2D eigenvalue weighted by atomic mass is 16.3. The summed E-state index contributed by atoms with van der Waals surface area (Å²) >= 11 is 0. The Kier molecular flexibility index (Phi) is 4.18. The monoisotopic (exact) mass is 245 g/mol. The molecule has 0 radical (unpaired) electrons. The second kappa shape index (κ2) is 5.85. The molecular weight excluding hydrogens is 226 g/mol. The van der Waals surface area contributed by atoms with Crippen LogP contribution in [0.25, 0.3) is 0 Å². The number of aliphatic hydroxyl groups is 1. The lowest BCUT2D eigenvalue weighted by molar-refractivity contribution is 0.120. The number of benzene rings is 1. The summed E-state index contributed by atoms with van der Waals surface area (Å²) in [5.74, 6) is 1.84. The first-order chi connectivity index (χ1) is 8.65. The summed E-state index contributed by atoms with van der Waals surface area (Å²) in [5.41, 5.74) is 0.944. The maximum absolute atomic E-state index is 10.1. The van der Waals surface area contributed by atoms with Gasteiger partial charge >= 0.3 is 0 Å². The Hall–Kier alpha value is -1.58. The van der Waals surface area contributed by atoms with Gasteiger partial charge in [-0.15, -0.1) is 0 Å². The lowest BCUT2D eigenvalue weighted by Crippen LogP contribution is -2.24. The summed E-state index contributed by atoms with van der Waals surface area (Å²) in [5, 5.41) is 10.1. The predicted molar refractivity (Wildman–Crippen MR) is 71.2 cm³/mol. The average molecular weight is 245 g/mol. The summed E-state index contributed by atoms with van der Waals surface area (Å²) in [4.78, 5) is 2.05. The third-order valence-corrected chi connectivity index (χ3v) is 2.89. The fraction of sp³-hybridized carbons (Fsp3) is 0.333. The van der Waals surface area contributed by atoms with Crippen molar-refractivity contribution in [3.63, 3.8) is 0 Å². The van der Waals surface area contributed by atoms with Gasteiger partial charge in [-0.05, 0) is 31.7 Å². The highest BCUT2D eigenvalue weighted by Gasteiger charge is 2.11. The molecule has 1 aromatic carbocycles. The van der Waals surface area contributed by atoms with Gasteiger partial charge in [0, 0.05) is 6.54 Å². The zero-order valence-corrected chi connectivity index (χ0v) is 10.8. The number of hydrogen-bond donors (Lipinski definition) is 1. The summed E-state index contributed by atoms with van der Waals surface area (Å²) < 4.78 is 5.52. The number of nitrogens with zero attached hydrogens (tertiary/aromatic N) is 1. The van der Waals surface area contributed by atoms with E-state index in [0.29, 0.717) is 13.1 Å². The molecule has 1 unspecified atom stereocenters. The molecule has 0 aliphatic heterocycles. The topological polar surface area (TPSA) is 36.6 Å². The highest BCUT2D eigenvalue weighted by Crippen LogP contribution is 2.15. The molecule has 0 bridgehead atoms. The van der Waals surface area contributed by atoms with Crippen LogP contribution < -0.4 is 0 Å². The zero-order chi connectivity index (χ0) is 13.0.